The van der Waals surface area contributed by atoms with Crippen molar-refractivity contribution in [3.05, 3.63) is 23.3 Å². The lowest BCUT2D eigenvalue weighted by Crippen LogP contribution is -2.44. The van der Waals surface area contributed by atoms with Crippen molar-refractivity contribution in [3.8, 4) is 0 Å². The van der Waals surface area contributed by atoms with Gasteiger partial charge in [-0.2, -0.15) is 0 Å². The third-order valence-corrected chi connectivity index (χ3v) is 7.37. The van der Waals surface area contributed by atoms with Crippen LogP contribution >= 0.6 is 0 Å². The van der Waals surface area contributed by atoms with Gasteiger partial charge in [0.15, 0.2) is 0 Å². The SMILES string of the molecule is C=C(C)C(=O)OOC(=O)/C(C)=C1/C23CC4CC(CC(C4)C12CC)C3. The number of rotatable bonds is 3. The van der Waals surface area contributed by atoms with Gasteiger partial charge in [0, 0.05) is 22.0 Å². The van der Waals surface area contributed by atoms with Crippen LogP contribution in [-0.4, -0.2) is 11.9 Å². The van der Waals surface area contributed by atoms with Gasteiger partial charge in [-0.25, -0.2) is 19.4 Å². The minimum Gasteiger partial charge on any atom is -0.242 e. The molecule has 5 saturated carbocycles. The lowest BCUT2D eigenvalue weighted by atomic mass is 9.51. The fraction of sp³-hybridized carbons (Fsp3) is 0.700. The highest BCUT2D eigenvalue weighted by atomic mass is 17.2. The van der Waals surface area contributed by atoms with E-state index >= 15 is 0 Å². The molecule has 0 aliphatic heterocycles. The Hall–Kier alpha value is -1.58. The lowest BCUT2D eigenvalue weighted by molar-refractivity contribution is -0.252. The largest absolute Gasteiger partial charge is 0.382 e. The molecule has 5 fully saturated rings. The summed E-state index contributed by atoms with van der Waals surface area (Å²) in [4.78, 5) is 33.3. The summed E-state index contributed by atoms with van der Waals surface area (Å²) < 4.78 is 0. The number of carbonyl (C=O) groups is 2. The summed E-state index contributed by atoms with van der Waals surface area (Å²) >= 11 is 0. The first-order valence-electron chi connectivity index (χ1n) is 9.16. The predicted octanol–water partition coefficient (Wildman–Crippen LogP) is 4.12. The maximum Gasteiger partial charge on any atom is 0.382 e. The van der Waals surface area contributed by atoms with Crippen molar-refractivity contribution in [2.75, 3.05) is 0 Å². The molecular formula is C20H26O4. The smallest absolute Gasteiger partial charge is 0.242 e. The van der Waals surface area contributed by atoms with Crippen LogP contribution in [0, 0.1) is 28.6 Å². The first kappa shape index (κ1) is 15.9. The van der Waals surface area contributed by atoms with Crippen LogP contribution in [0.1, 0.15) is 59.3 Å². The average molecular weight is 330 g/mol. The molecule has 5 aliphatic carbocycles. The third-order valence-electron chi connectivity index (χ3n) is 7.37. The first-order chi connectivity index (χ1) is 11.4. The molecule has 3 atom stereocenters. The molecule has 4 nitrogen and oxygen atoms in total. The quantitative estimate of drug-likeness (QED) is 0.444. The van der Waals surface area contributed by atoms with E-state index in [2.05, 4.69) is 18.4 Å². The van der Waals surface area contributed by atoms with Gasteiger partial charge in [-0.3, -0.25) is 0 Å². The molecule has 0 heterocycles. The van der Waals surface area contributed by atoms with Crippen LogP contribution in [0.25, 0.3) is 0 Å². The molecule has 0 aromatic carbocycles. The van der Waals surface area contributed by atoms with Crippen molar-refractivity contribution in [1.29, 1.82) is 0 Å². The number of allylic oxidation sites excluding steroid dienone is 1. The van der Waals surface area contributed by atoms with Crippen LogP contribution < -0.4 is 0 Å². The second-order valence-corrected chi connectivity index (χ2v) is 8.47. The molecule has 0 aromatic heterocycles. The van der Waals surface area contributed by atoms with Gasteiger partial charge in [0.25, 0.3) is 0 Å². The van der Waals surface area contributed by atoms with Gasteiger partial charge in [0.1, 0.15) is 0 Å². The molecular weight excluding hydrogens is 304 g/mol. The molecule has 0 saturated heterocycles. The van der Waals surface area contributed by atoms with E-state index < -0.39 is 11.9 Å². The molecule has 1 spiro atoms. The van der Waals surface area contributed by atoms with Gasteiger partial charge in [0.05, 0.1) is 0 Å². The van der Waals surface area contributed by atoms with E-state index in [-0.39, 0.29) is 16.4 Å². The standard InChI is InChI=1S/C20H26O4/c1-5-20-15-7-13-6-14(8-15)10-19(20,9-13)16(20)12(4)18(22)24-23-17(21)11(2)3/h13-15H,2,5-10H2,1,3-4H3/b16-12-. The number of carbonyl (C=O) groups excluding carboxylic acids is 2. The van der Waals surface area contributed by atoms with Crippen molar-refractivity contribution < 1.29 is 19.4 Å². The molecule has 24 heavy (non-hydrogen) atoms. The molecule has 5 rings (SSSR count). The van der Waals surface area contributed by atoms with Crippen molar-refractivity contribution >= 4 is 11.9 Å². The van der Waals surface area contributed by atoms with E-state index in [1.54, 1.807) is 0 Å². The zero-order valence-electron chi connectivity index (χ0n) is 14.8. The van der Waals surface area contributed by atoms with Crippen LogP contribution in [0.3, 0.4) is 0 Å². The van der Waals surface area contributed by atoms with Gasteiger partial charge in [-0.15, -0.1) is 0 Å². The zero-order chi connectivity index (χ0) is 17.3. The van der Waals surface area contributed by atoms with Crippen LogP contribution in [0.4, 0.5) is 0 Å². The highest BCUT2D eigenvalue weighted by Crippen LogP contribution is 2.87. The van der Waals surface area contributed by atoms with Crippen molar-refractivity contribution in [2.24, 2.45) is 28.6 Å². The molecule has 5 aliphatic rings. The van der Waals surface area contributed by atoms with Gasteiger partial charge in [-0.05, 0) is 75.7 Å². The summed E-state index contributed by atoms with van der Waals surface area (Å²) in [5.41, 5.74) is 2.65. The second kappa shape index (κ2) is 4.96. The summed E-state index contributed by atoms with van der Waals surface area (Å²) in [6.07, 6.45) is 7.59. The van der Waals surface area contributed by atoms with Crippen molar-refractivity contribution in [3.63, 3.8) is 0 Å². The summed E-state index contributed by atoms with van der Waals surface area (Å²) in [7, 11) is 0. The Morgan fingerprint density at radius 1 is 1.08 bits per heavy atom. The Labute approximate surface area is 143 Å². The van der Waals surface area contributed by atoms with E-state index in [9.17, 15) is 9.59 Å². The monoisotopic (exact) mass is 330 g/mol. The number of hydrogen-bond acceptors (Lipinski definition) is 4. The molecule has 0 N–H and O–H groups in total. The molecule has 4 heteroatoms. The molecule has 0 radical (unpaired) electrons. The van der Waals surface area contributed by atoms with Gasteiger partial charge < -0.3 is 0 Å². The fourth-order valence-corrected chi connectivity index (χ4v) is 6.94. The highest BCUT2D eigenvalue weighted by Gasteiger charge is 2.79. The van der Waals surface area contributed by atoms with Gasteiger partial charge in [-0.1, -0.05) is 13.5 Å². The fourth-order valence-electron chi connectivity index (χ4n) is 6.94. The molecule has 4 bridgehead atoms. The Bertz CT molecular complexity index is 659. The minimum absolute atomic E-state index is 0.210. The molecule has 130 valence electrons. The van der Waals surface area contributed by atoms with E-state index in [0.29, 0.717) is 5.57 Å². The summed E-state index contributed by atoms with van der Waals surface area (Å²) in [6, 6.07) is 0. The second-order valence-electron chi connectivity index (χ2n) is 8.47. The maximum absolute atomic E-state index is 12.4. The maximum atomic E-state index is 12.4. The predicted molar refractivity (Wildman–Crippen MR) is 88.4 cm³/mol. The van der Waals surface area contributed by atoms with E-state index in [0.717, 1.165) is 24.2 Å². The Morgan fingerprint density at radius 3 is 2.21 bits per heavy atom. The van der Waals surface area contributed by atoms with E-state index in [1.807, 2.05) is 6.92 Å². The highest BCUT2D eigenvalue weighted by molar-refractivity contribution is 5.92. The summed E-state index contributed by atoms with van der Waals surface area (Å²) in [6.45, 7) is 9.12. The Balaban J connectivity index is 1.61. The van der Waals surface area contributed by atoms with Crippen LogP contribution in [-0.2, 0) is 19.4 Å². The normalized spacial score (nSPS) is 43.0. The minimum atomic E-state index is -0.697. The Morgan fingerprint density at radius 2 is 1.67 bits per heavy atom. The molecule has 0 amide bonds. The molecule has 0 aromatic rings. The number of hydrogen-bond donors (Lipinski definition) is 0. The van der Waals surface area contributed by atoms with E-state index in [1.165, 1.54) is 44.6 Å². The summed E-state index contributed by atoms with van der Waals surface area (Å²) in [5.74, 6) is 1.19. The summed E-state index contributed by atoms with van der Waals surface area (Å²) in [5, 5.41) is 0. The third kappa shape index (κ3) is 1.80. The topological polar surface area (TPSA) is 52.6 Å². The van der Waals surface area contributed by atoms with Gasteiger partial charge in [0.2, 0.25) is 0 Å². The Kier molecular flexibility index (Phi) is 3.29. The first-order valence-corrected chi connectivity index (χ1v) is 9.16. The van der Waals surface area contributed by atoms with Crippen molar-refractivity contribution in [1.82, 2.24) is 0 Å². The van der Waals surface area contributed by atoms with Crippen molar-refractivity contribution in [2.45, 2.75) is 59.3 Å². The van der Waals surface area contributed by atoms with E-state index in [4.69, 9.17) is 4.89 Å². The van der Waals surface area contributed by atoms with Gasteiger partial charge >= 0.3 is 11.9 Å². The van der Waals surface area contributed by atoms with Crippen LogP contribution in [0.5, 0.6) is 0 Å². The molecule has 3 unspecified atom stereocenters. The van der Waals surface area contributed by atoms with Crippen LogP contribution in [0.2, 0.25) is 0 Å². The zero-order valence-corrected chi connectivity index (χ0v) is 14.8. The lowest BCUT2D eigenvalue weighted by Gasteiger charge is -2.53. The van der Waals surface area contributed by atoms with Crippen LogP contribution in [0.15, 0.2) is 23.3 Å². The average Bonchev–Trinajstić information content (AvgIpc) is 3.13.